The molecule has 2 unspecified atom stereocenters. The summed E-state index contributed by atoms with van der Waals surface area (Å²) in [6, 6.07) is 6.36. The molecule has 162 valence electrons. The van der Waals surface area contributed by atoms with Gasteiger partial charge in [0.1, 0.15) is 16.7 Å². The van der Waals surface area contributed by atoms with Gasteiger partial charge in [0.2, 0.25) is 0 Å². The molecular formula is C22H23N3O5S. The van der Waals surface area contributed by atoms with E-state index in [2.05, 4.69) is 5.32 Å². The molecule has 0 bridgehead atoms. The Hall–Kier alpha value is -3.17. The first-order valence-corrected chi connectivity index (χ1v) is 10.4. The molecule has 0 radical (unpaired) electrons. The molecule has 31 heavy (non-hydrogen) atoms. The quantitative estimate of drug-likeness (QED) is 0.531. The Morgan fingerprint density at radius 3 is 2.68 bits per heavy atom. The molecule has 1 aromatic rings. The number of ether oxygens (including phenoxy) is 2. The van der Waals surface area contributed by atoms with Crippen LogP contribution in [0.15, 0.2) is 70.0 Å². The van der Waals surface area contributed by atoms with Crippen molar-refractivity contribution in [3.8, 4) is 0 Å². The number of hydrogen-bond acceptors (Lipinski definition) is 8. The first-order chi connectivity index (χ1) is 15.0. The number of carbonyl (C=O) groups is 2. The predicted molar refractivity (Wildman–Crippen MR) is 117 cm³/mol. The highest BCUT2D eigenvalue weighted by Gasteiger charge is 2.58. The van der Waals surface area contributed by atoms with Gasteiger partial charge in [-0.15, -0.1) is 0 Å². The van der Waals surface area contributed by atoms with Crippen LogP contribution >= 0.6 is 11.8 Å². The number of para-hydroxylation sites is 1. The molecule has 0 aromatic heterocycles. The van der Waals surface area contributed by atoms with Crippen molar-refractivity contribution in [1.82, 2.24) is 10.4 Å². The van der Waals surface area contributed by atoms with Crippen LogP contribution < -0.4 is 11.1 Å². The van der Waals surface area contributed by atoms with Crippen LogP contribution in [0.1, 0.15) is 16.8 Å². The summed E-state index contributed by atoms with van der Waals surface area (Å²) < 4.78 is 10.7. The fourth-order valence-corrected chi connectivity index (χ4v) is 5.58. The molecule has 1 aromatic carbocycles. The number of rotatable bonds is 5. The maximum atomic E-state index is 13.2. The SMILES string of the molecule is COC(=O)C1=C(NC(=O)c2ccccc2N)C23CC=CN(OC)C2C(OC)=CC=C3S1. The number of carbonyl (C=O) groups excluding carboxylic acids is 2. The third-order valence-corrected chi connectivity index (χ3v) is 6.96. The number of amides is 1. The van der Waals surface area contributed by atoms with Crippen LogP contribution in [0.4, 0.5) is 5.69 Å². The van der Waals surface area contributed by atoms with Crippen molar-refractivity contribution in [2.45, 2.75) is 12.5 Å². The van der Waals surface area contributed by atoms with Gasteiger partial charge in [-0.25, -0.2) is 4.79 Å². The average Bonchev–Trinajstić information content (AvgIpc) is 3.10. The van der Waals surface area contributed by atoms with E-state index >= 15 is 0 Å². The number of hydrogen-bond donors (Lipinski definition) is 2. The second-order valence-electron chi connectivity index (χ2n) is 7.15. The summed E-state index contributed by atoms with van der Waals surface area (Å²) in [7, 11) is 4.46. The number of methoxy groups -OCH3 is 2. The number of benzene rings is 1. The van der Waals surface area contributed by atoms with E-state index in [0.29, 0.717) is 34.0 Å². The Balaban J connectivity index is 1.87. The molecule has 8 nitrogen and oxygen atoms in total. The number of esters is 1. The molecule has 4 rings (SSSR count). The number of nitrogens with one attached hydrogen (secondary N) is 1. The molecule has 2 aliphatic heterocycles. The monoisotopic (exact) mass is 441 g/mol. The van der Waals surface area contributed by atoms with Gasteiger partial charge < -0.3 is 20.5 Å². The smallest absolute Gasteiger partial charge is 0.346 e. The second-order valence-corrected chi connectivity index (χ2v) is 8.20. The van der Waals surface area contributed by atoms with Crippen LogP contribution in [0.3, 0.4) is 0 Å². The van der Waals surface area contributed by atoms with Gasteiger partial charge in [0.15, 0.2) is 0 Å². The highest BCUT2D eigenvalue weighted by molar-refractivity contribution is 8.08. The van der Waals surface area contributed by atoms with Gasteiger partial charge in [0, 0.05) is 16.8 Å². The van der Waals surface area contributed by atoms with Crippen LogP contribution in [0.5, 0.6) is 0 Å². The molecule has 0 fully saturated rings. The summed E-state index contributed by atoms with van der Waals surface area (Å²) in [6.07, 6.45) is 8.05. The number of nitrogen functional groups attached to an aromatic ring is 1. The van der Waals surface area contributed by atoms with Crippen molar-refractivity contribution in [2.24, 2.45) is 5.41 Å². The first-order valence-electron chi connectivity index (χ1n) is 9.60. The topological polar surface area (TPSA) is 103 Å². The molecule has 3 aliphatic rings. The Labute approximate surface area is 184 Å². The zero-order valence-electron chi connectivity index (χ0n) is 17.4. The zero-order valence-corrected chi connectivity index (χ0v) is 18.2. The van der Waals surface area contributed by atoms with Crippen LogP contribution in [0.2, 0.25) is 0 Å². The van der Waals surface area contributed by atoms with Crippen molar-refractivity contribution in [3.05, 3.63) is 75.5 Å². The zero-order chi connectivity index (χ0) is 22.2. The van der Waals surface area contributed by atoms with Crippen LogP contribution in [-0.2, 0) is 19.1 Å². The van der Waals surface area contributed by atoms with Crippen molar-refractivity contribution < 1.29 is 23.9 Å². The summed E-state index contributed by atoms with van der Waals surface area (Å²) >= 11 is 1.28. The Morgan fingerprint density at radius 2 is 2.00 bits per heavy atom. The number of thioether (sulfide) groups is 1. The maximum Gasteiger partial charge on any atom is 0.346 e. The standard InChI is InChI=1S/C22H23N3O5S/c1-28-15-9-10-16-22(11-6-12-25(30-3)19(15)22)18(17(31-16)21(27)29-2)24-20(26)13-7-4-5-8-14(13)23/h4-10,12,19H,11,23H2,1-3H3,(H,24,26). The van der Waals surface area contributed by atoms with Gasteiger partial charge in [-0.3, -0.25) is 14.7 Å². The van der Waals surface area contributed by atoms with Gasteiger partial charge in [-0.05, 0) is 30.7 Å². The summed E-state index contributed by atoms with van der Waals surface area (Å²) in [5, 5.41) is 4.64. The lowest BCUT2D eigenvalue weighted by atomic mass is 9.69. The van der Waals surface area contributed by atoms with Gasteiger partial charge in [-0.2, -0.15) is 0 Å². The van der Waals surface area contributed by atoms with Crippen molar-refractivity contribution in [2.75, 3.05) is 27.1 Å². The van der Waals surface area contributed by atoms with Crippen molar-refractivity contribution in [3.63, 3.8) is 0 Å². The van der Waals surface area contributed by atoms with Gasteiger partial charge in [0.25, 0.3) is 5.91 Å². The van der Waals surface area contributed by atoms with Crippen molar-refractivity contribution in [1.29, 1.82) is 0 Å². The number of nitrogens with two attached hydrogens (primary N) is 1. The molecule has 2 heterocycles. The molecule has 1 aliphatic carbocycles. The third-order valence-electron chi connectivity index (χ3n) is 5.67. The molecule has 9 heteroatoms. The largest absolute Gasteiger partial charge is 0.499 e. The molecule has 1 spiro atoms. The van der Waals surface area contributed by atoms with E-state index in [1.807, 2.05) is 24.4 Å². The third kappa shape index (κ3) is 3.21. The summed E-state index contributed by atoms with van der Waals surface area (Å²) in [5.41, 5.74) is 6.33. The van der Waals surface area contributed by atoms with Crippen molar-refractivity contribution >= 4 is 29.3 Å². The molecule has 3 N–H and O–H groups in total. The van der Waals surface area contributed by atoms with Crippen LogP contribution in [0, 0.1) is 5.41 Å². The van der Waals surface area contributed by atoms with Gasteiger partial charge in [-0.1, -0.05) is 30.0 Å². The maximum absolute atomic E-state index is 13.2. The fourth-order valence-electron chi connectivity index (χ4n) is 4.24. The van der Waals surface area contributed by atoms with Crippen LogP contribution in [-0.4, -0.2) is 44.3 Å². The van der Waals surface area contributed by atoms with E-state index in [-0.39, 0.29) is 0 Å². The van der Waals surface area contributed by atoms with E-state index in [4.69, 9.17) is 20.0 Å². The van der Waals surface area contributed by atoms with E-state index < -0.39 is 23.3 Å². The normalized spacial score (nSPS) is 24.1. The number of allylic oxidation sites excluding steroid dienone is 3. The molecule has 1 amide bonds. The number of nitrogens with zero attached hydrogens (tertiary/aromatic N) is 1. The van der Waals surface area contributed by atoms with Gasteiger partial charge in [0.05, 0.1) is 38.0 Å². The Morgan fingerprint density at radius 1 is 1.23 bits per heavy atom. The molecule has 2 atom stereocenters. The van der Waals surface area contributed by atoms with E-state index in [0.717, 1.165) is 4.91 Å². The van der Waals surface area contributed by atoms with E-state index in [1.165, 1.54) is 18.9 Å². The summed E-state index contributed by atoms with van der Waals surface area (Å²) in [6.45, 7) is 0. The minimum atomic E-state index is -0.793. The molecular weight excluding hydrogens is 418 g/mol. The predicted octanol–water partition coefficient (Wildman–Crippen LogP) is 2.69. The van der Waals surface area contributed by atoms with E-state index in [9.17, 15) is 9.59 Å². The number of hydroxylamine groups is 2. The van der Waals surface area contributed by atoms with Gasteiger partial charge >= 0.3 is 5.97 Å². The first kappa shape index (κ1) is 21.1. The molecule has 0 saturated carbocycles. The lowest BCUT2D eigenvalue weighted by Gasteiger charge is -2.48. The number of anilines is 1. The fraction of sp³-hybridized carbons (Fsp3) is 0.273. The summed E-state index contributed by atoms with van der Waals surface area (Å²) in [5.74, 6) is -0.286. The average molecular weight is 442 g/mol. The van der Waals surface area contributed by atoms with Crippen LogP contribution in [0.25, 0.3) is 0 Å². The highest BCUT2D eigenvalue weighted by atomic mass is 32.2. The summed E-state index contributed by atoms with van der Waals surface area (Å²) in [4.78, 5) is 32.7. The second kappa shape index (κ2) is 8.16. The lowest BCUT2D eigenvalue weighted by molar-refractivity contribution is -0.146. The minimum absolute atomic E-state index is 0.318. The Bertz CT molecular complexity index is 1060. The highest BCUT2D eigenvalue weighted by Crippen LogP contribution is 2.61. The lowest BCUT2D eigenvalue weighted by Crippen LogP contribution is -2.53. The molecule has 0 saturated heterocycles. The van der Waals surface area contributed by atoms with E-state index in [1.54, 1.807) is 43.5 Å². The minimum Gasteiger partial charge on any atom is -0.499 e. The Kier molecular flexibility index (Phi) is 5.55.